The van der Waals surface area contributed by atoms with Crippen molar-refractivity contribution in [3.63, 3.8) is 0 Å². The first-order valence-electron chi connectivity index (χ1n) is 4.08. The Labute approximate surface area is 76.3 Å². The van der Waals surface area contributed by atoms with E-state index in [2.05, 4.69) is 15.0 Å². The number of nitrogens with zero attached hydrogens (tertiary/aromatic N) is 1. The fourth-order valence-electron chi connectivity index (χ4n) is 0.789. The highest BCUT2D eigenvalue weighted by atomic mass is 16.5. The summed E-state index contributed by atoms with van der Waals surface area (Å²) < 4.78 is 4.55. The van der Waals surface area contributed by atoms with Crippen LogP contribution in [0.25, 0.3) is 0 Å². The van der Waals surface area contributed by atoms with Gasteiger partial charge in [-0.05, 0) is 5.92 Å². The molecule has 1 heterocycles. The molecule has 0 radical (unpaired) electrons. The summed E-state index contributed by atoms with van der Waals surface area (Å²) in [5.74, 6) is 0.247. The van der Waals surface area contributed by atoms with E-state index < -0.39 is 6.04 Å². The summed E-state index contributed by atoms with van der Waals surface area (Å²) in [6.07, 6.45) is 1.39. The Balaban J connectivity index is 2.51. The average molecular weight is 183 g/mol. The first kappa shape index (κ1) is 9.73. The molecule has 0 spiro atoms. The zero-order valence-corrected chi connectivity index (χ0v) is 7.65. The Kier molecular flexibility index (Phi) is 3.02. The Morgan fingerprint density at radius 1 is 1.69 bits per heavy atom. The van der Waals surface area contributed by atoms with E-state index in [0.29, 0.717) is 5.82 Å². The Bertz CT molecular complexity index is 269. The van der Waals surface area contributed by atoms with Crippen LogP contribution in [0.4, 0.5) is 5.82 Å². The molecule has 1 rings (SSSR count). The number of nitrogens with one attached hydrogen (secondary N) is 1. The van der Waals surface area contributed by atoms with E-state index in [1.54, 1.807) is 6.07 Å². The third-order valence-corrected chi connectivity index (χ3v) is 1.71. The molecule has 0 saturated carbocycles. The molecule has 0 aromatic carbocycles. The molecular weight excluding hydrogens is 170 g/mol. The molecule has 3 N–H and O–H groups in total. The minimum Gasteiger partial charge on any atom is -0.363 e. The first-order chi connectivity index (χ1) is 6.11. The fourth-order valence-corrected chi connectivity index (χ4v) is 0.789. The maximum absolute atomic E-state index is 11.3. The Morgan fingerprint density at radius 2 is 2.38 bits per heavy atom. The third-order valence-electron chi connectivity index (χ3n) is 1.71. The lowest BCUT2D eigenvalue weighted by Crippen LogP contribution is -2.39. The van der Waals surface area contributed by atoms with Gasteiger partial charge < -0.3 is 15.6 Å². The molecule has 1 atom stereocenters. The second kappa shape index (κ2) is 4.04. The van der Waals surface area contributed by atoms with E-state index in [1.807, 2.05) is 13.8 Å². The Hall–Kier alpha value is -1.36. The monoisotopic (exact) mass is 183 g/mol. The summed E-state index contributed by atoms with van der Waals surface area (Å²) in [6, 6.07) is 1.04. The van der Waals surface area contributed by atoms with Gasteiger partial charge in [-0.3, -0.25) is 4.79 Å². The normalized spacial score (nSPS) is 12.9. The SMILES string of the molecule is CC(C)C(N)C(=O)Nc1ccon1. The largest absolute Gasteiger partial charge is 0.363 e. The minimum atomic E-state index is -0.517. The summed E-state index contributed by atoms with van der Waals surface area (Å²) >= 11 is 0. The molecule has 1 unspecified atom stereocenters. The summed E-state index contributed by atoms with van der Waals surface area (Å²) in [4.78, 5) is 11.3. The maximum Gasteiger partial charge on any atom is 0.242 e. The van der Waals surface area contributed by atoms with Crippen LogP contribution in [0, 0.1) is 5.92 Å². The number of aromatic nitrogens is 1. The molecule has 5 heteroatoms. The summed E-state index contributed by atoms with van der Waals surface area (Å²) in [6.45, 7) is 3.76. The zero-order chi connectivity index (χ0) is 9.84. The van der Waals surface area contributed by atoms with E-state index in [1.165, 1.54) is 6.26 Å². The Morgan fingerprint density at radius 3 is 2.85 bits per heavy atom. The number of nitrogens with two attached hydrogens (primary N) is 1. The van der Waals surface area contributed by atoms with Gasteiger partial charge in [-0.2, -0.15) is 0 Å². The van der Waals surface area contributed by atoms with E-state index in [9.17, 15) is 4.79 Å². The molecule has 0 aliphatic heterocycles. The van der Waals surface area contributed by atoms with Gasteiger partial charge in [0.2, 0.25) is 5.91 Å². The summed E-state index contributed by atoms with van der Waals surface area (Å²) in [5, 5.41) is 6.07. The van der Waals surface area contributed by atoms with E-state index in [0.717, 1.165) is 0 Å². The standard InChI is InChI=1S/C8H13N3O2/c1-5(2)7(9)8(12)10-6-3-4-13-11-6/h3-5,7H,9H2,1-2H3,(H,10,11,12). The van der Waals surface area contributed by atoms with Crippen molar-refractivity contribution in [2.24, 2.45) is 11.7 Å². The maximum atomic E-state index is 11.3. The van der Waals surface area contributed by atoms with Crippen molar-refractivity contribution in [1.29, 1.82) is 0 Å². The van der Waals surface area contributed by atoms with Gasteiger partial charge in [0, 0.05) is 6.07 Å². The van der Waals surface area contributed by atoms with Crippen LogP contribution < -0.4 is 11.1 Å². The second-order valence-corrected chi connectivity index (χ2v) is 3.14. The minimum absolute atomic E-state index is 0.104. The highest BCUT2D eigenvalue weighted by molar-refractivity contribution is 5.93. The first-order valence-corrected chi connectivity index (χ1v) is 4.08. The average Bonchev–Trinajstić information content (AvgIpc) is 2.55. The van der Waals surface area contributed by atoms with Crippen molar-refractivity contribution in [2.75, 3.05) is 5.32 Å². The van der Waals surface area contributed by atoms with Crippen molar-refractivity contribution in [3.8, 4) is 0 Å². The lowest BCUT2D eigenvalue weighted by atomic mass is 10.1. The third kappa shape index (κ3) is 2.55. The quantitative estimate of drug-likeness (QED) is 0.718. The smallest absolute Gasteiger partial charge is 0.242 e. The molecule has 72 valence electrons. The molecule has 0 saturated heterocycles. The topological polar surface area (TPSA) is 81.2 Å². The molecule has 13 heavy (non-hydrogen) atoms. The number of carbonyl (C=O) groups is 1. The number of carbonyl (C=O) groups excluding carboxylic acids is 1. The molecule has 1 aromatic heterocycles. The molecule has 5 nitrogen and oxygen atoms in total. The van der Waals surface area contributed by atoms with Crippen molar-refractivity contribution < 1.29 is 9.32 Å². The van der Waals surface area contributed by atoms with Gasteiger partial charge in [0.05, 0.1) is 6.04 Å². The van der Waals surface area contributed by atoms with Crippen LogP contribution in [-0.2, 0) is 4.79 Å². The van der Waals surface area contributed by atoms with Crippen molar-refractivity contribution in [2.45, 2.75) is 19.9 Å². The van der Waals surface area contributed by atoms with Crippen LogP contribution in [-0.4, -0.2) is 17.1 Å². The lowest BCUT2D eigenvalue weighted by Gasteiger charge is -2.13. The second-order valence-electron chi connectivity index (χ2n) is 3.14. The van der Waals surface area contributed by atoms with Crippen LogP contribution in [0.3, 0.4) is 0 Å². The van der Waals surface area contributed by atoms with Crippen molar-refractivity contribution in [1.82, 2.24) is 5.16 Å². The van der Waals surface area contributed by atoms with E-state index in [4.69, 9.17) is 5.73 Å². The fraction of sp³-hybridized carbons (Fsp3) is 0.500. The number of hydrogen-bond donors (Lipinski definition) is 2. The van der Waals surface area contributed by atoms with Crippen molar-refractivity contribution in [3.05, 3.63) is 12.3 Å². The zero-order valence-electron chi connectivity index (χ0n) is 7.65. The van der Waals surface area contributed by atoms with E-state index in [-0.39, 0.29) is 11.8 Å². The molecule has 1 aromatic rings. The van der Waals surface area contributed by atoms with Crippen LogP contribution in [0.1, 0.15) is 13.8 Å². The van der Waals surface area contributed by atoms with Gasteiger partial charge in [-0.15, -0.1) is 0 Å². The lowest BCUT2D eigenvalue weighted by molar-refractivity contribution is -0.118. The predicted molar refractivity (Wildman–Crippen MR) is 47.9 cm³/mol. The van der Waals surface area contributed by atoms with Gasteiger partial charge in [-0.1, -0.05) is 19.0 Å². The molecule has 0 aliphatic carbocycles. The predicted octanol–water partition coefficient (Wildman–Crippen LogP) is 0.596. The highest BCUT2D eigenvalue weighted by Gasteiger charge is 2.17. The molecule has 1 amide bonds. The van der Waals surface area contributed by atoms with Crippen LogP contribution in [0.15, 0.2) is 16.9 Å². The summed E-state index contributed by atoms with van der Waals surface area (Å²) in [5.41, 5.74) is 5.61. The van der Waals surface area contributed by atoms with E-state index >= 15 is 0 Å². The molecule has 0 aliphatic rings. The summed E-state index contributed by atoms with van der Waals surface area (Å²) in [7, 11) is 0. The highest BCUT2D eigenvalue weighted by Crippen LogP contribution is 2.04. The molecule has 0 fully saturated rings. The number of hydrogen-bond acceptors (Lipinski definition) is 4. The van der Waals surface area contributed by atoms with Gasteiger partial charge in [0.1, 0.15) is 6.26 Å². The van der Waals surface area contributed by atoms with Crippen LogP contribution in [0.5, 0.6) is 0 Å². The number of rotatable bonds is 3. The number of amides is 1. The number of anilines is 1. The van der Waals surface area contributed by atoms with Crippen molar-refractivity contribution >= 4 is 11.7 Å². The van der Waals surface area contributed by atoms with Gasteiger partial charge in [0.25, 0.3) is 0 Å². The molecule has 0 bridgehead atoms. The van der Waals surface area contributed by atoms with Gasteiger partial charge >= 0.3 is 0 Å². The molecular formula is C8H13N3O2. The van der Waals surface area contributed by atoms with Crippen LogP contribution in [0.2, 0.25) is 0 Å². The van der Waals surface area contributed by atoms with Gasteiger partial charge in [-0.25, -0.2) is 0 Å². The van der Waals surface area contributed by atoms with Crippen LogP contribution >= 0.6 is 0 Å². The van der Waals surface area contributed by atoms with Gasteiger partial charge in [0.15, 0.2) is 5.82 Å².